The summed E-state index contributed by atoms with van der Waals surface area (Å²) in [6, 6.07) is 4.42. The van der Waals surface area contributed by atoms with Crippen molar-refractivity contribution in [2.24, 2.45) is 0 Å². The van der Waals surface area contributed by atoms with Crippen molar-refractivity contribution in [2.45, 2.75) is 32.2 Å². The number of nitrogens with one attached hydrogen (secondary N) is 1. The number of ether oxygens (including phenoxy) is 1. The third-order valence-corrected chi connectivity index (χ3v) is 2.56. The van der Waals surface area contributed by atoms with Gasteiger partial charge in [-0.2, -0.15) is 0 Å². The number of aryl methyl sites for hydroxylation is 1. The van der Waals surface area contributed by atoms with Crippen molar-refractivity contribution in [3.63, 3.8) is 0 Å². The summed E-state index contributed by atoms with van der Waals surface area (Å²) in [5.41, 5.74) is 0. The highest BCUT2D eigenvalue weighted by atomic mass is 16.5. The van der Waals surface area contributed by atoms with Crippen LogP contribution < -0.4 is 5.32 Å². The molecule has 0 saturated heterocycles. The summed E-state index contributed by atoms with van der Waals surface area (Å²) >= 11 is 0. The van der Waals surface area contributed by atoms with E-state index in [1.165, 1.54) is 0 Å². The van der Waals surface area contributed by atoms with Gasteiger partial charge in [0.1, 0.15) is 11.5 Å². The maximum atomic E-state index is 5.71. The van der Waals surface area contributed by atoms with E-state index >= 15 is 0 Å². The minimum absolute atomic E-state index is 0.306. The first-order chi connectivity index (χ1) is 7.31. The van der Waals surface area contributed by atoms with Gasteiger partial charge in [0.05, 0.1) is 6.04 Å². The first kappa shape index (κ1) is 12.3. The molecule has 0 aliphatic heterocycles. The van der Waals surface area contributed by atoms with E-state index < -0.39 is 0 Å². The van der Waals surface area contributed by atoms with Crippen LogP contribution in [-0.2, 0) is 11.2 Å². The van der Waals surface area contributed by atoms with Gasteiger partial charge in [-0.15, -0.1) is 0 Å². The molecule has 3 nitrogen and oxygen atoms in total. The summed E-state index contributed by atoms with van der Waals surface area (Å²) in [5.74, 6) is 2.09. The molecule has 0 fully saturated rings. The zero-order valence-electron chi connectivity index (χ0n) is 9.88. The lowest BCUT2D eigenvalue weighted by Crippen LogP contribution is -2.16. The van der Waals surface area contributed by atoms with Gasteiger partial charge in [-0.3, -0.25) is 0 Å². The summed E-state index contributed by atoms with van der Waals surface area (Å²) in [7, 11) is 3.70. The van der Waals surface area contributed by atoms with Crippen LogP contribution in [0.3, 0.4) is 0 Å². The van der Waals surface area contributed by atoms with Crippen LogP contribution in [0.4, 0.5) is 0 Å². The number of rotatable bonds is 7. The van der Waals surface area contributed by atoms with Crippen molar-refractivity contribution in [3.05, 3.63) is 23.7 Å². The van der Waals surface area contributed by atoms with Crippen LogP contribution in [0.1, 0.15) is 37.3 Å². The Morgan fingerprint density at radius 2 is 2.27 bits per heavy atom. The van der Waals surface area contributed by atoms with Crippen LogP contribution in [0.5, 0.6) is 0 Å². The fourth-order valence-corrected chi connectivity index (χ4v) is 1.63. The Balaban J connectivity index is 2.49. The maximum absolute atomic E-state index is 5.71. The summed E-state index contributed by atoms with van der Waals surface area (Å²) in [6.07, 6.45) is 3.04. The van der Waals surface area contributed by atoms with Gasteiger partial charge in [0.2, 0.25) is 0 Å². The van der Waals surface area contributed by atoms with Crippen LogP contribution in [0.15, 0.2) is 16.5 Å². The summed E-state index contributed by atoms with van der Waals surface area (Å²) in [6.45, 7) is 2.90. The fraction of sp³-hybridized carbons (Fsp3) is 0.667. The minimum atomic E-state index is 0.306. The number of methoxy groups -OCH3 is 1. The highest BCUT2D eigenvalue weighted by molar-refractivity contribution is 5.10. The molecular formula is C12H21NO2. The van der Waals surface area contributed by atoms with Gasteiger partial charge >= 0.3 is 0 Å². The molecule has 15 heavy (non-hydrogen) atoms. The Kier molecular flexibility index (Phi) is 5.43. The van der Waals surface area contributed by atoms with Gasteiger partial charge in [-0.25, -0.2) is 0 Å². The lowest BCUT2D eigenvalue weighted by molar-refractivity contribution is 0.187. The van der Waals surface area contributed by atoms with Gasteiger partial charge in [0.15, 0.2) is 0 Å². The van der Waals surface area contributed by atoms with Crippen LogP contribution >= 0.6 is 0 Å². The average molecular weight is 211 g/mol. The van der Waals surface area contributed by atoms with Gasteiger partial charge in [-0.05, 0) is 32.0 Å². The first-order valence-electron chi connectivity index (χ1n) is 5.56. The lowest BCUT2D eigenvalue weighted by atomic mass is 10.1. The summed E-state index contributed by atoms with van der Waals surface area (Å²) in [5, 5.41) is 3.27. The highest BCUT2D eigenvalue weighted by Gasteiger charge is 2.12. The molecule has 0 aliphatic carbocycles. The van der Waals surface area contributed by atoms with Crippen molar-refractivity contribution in [3.8, 4) is 0 Å². The second kappa shape index (κ2) is 6.64. The van der Waals surface area contributed by atoms with E-state index in [4.69, 9.17) is 9.15 Å². The van der Waals surface area contributed by atoms with Crippen LogP contribution in [0, 0.1) is 0 Å². The number of hydrogen-bond donors (Lipinski definition) is 1. The van der Waals surface area contributed by atoms with Crippen molar-refractivity contribution in [2.75, 3.05) is 20.8 Å². The Morgan fingerprint density at radius 1 is 1.47 bits per heavy atom. The molecule has 0 bridgehead atoms. The van der Waals surface area contributed by atoms with Gasteiger partial charge in [0, 0.05) is 20.1 Å². The van der Waals surface area contributed by atoms with Crippen molar-refractivity contribution >= 4 is 0 Å². The molecule has 86 valence electrons. The van der Waals surface area contributed by atoms with Crippen LogP contribution in [0.2, 0.25) is 0 Å². The maximum Gasteiger partial charge on any atom is 0.121 e. The molecule has 0 amide bonds. The van der Waals surface area contributed by atoms with E-state index in [0.29, 0.717) is 6.04 Å². The zero-order valence-corrected chi connectivity index (χ0v) is 9.88. The number of furan rings is 1. The van der Waals surface area contributed by atoms with Gasteiger partial charge < -0.3 is 14.5 Å². The second-order valence-electron chi connectivity index (χ2n) is 3.63. The third kappa shape index (κ3) is 3.68. The third-order valence-electron chi connectivity index (χ3n) is 2.56. The molecule has 0 aliphatic rings. The van der Waals surface area contributed by atoms with E-state index in [9.17, 15) is 0 Å². The zero-order chi connectivity index (χ0) is 11.1. The second-order valence-corrected chi connectivity index (χ2v) is 3.63. The highest BCUT2D eigenvalue weighted by Crippen LogP contribution is 2.20. The summed E-state index contributed by atoms with van der Waals surface area (Å²) in [4.78, 5) is 0. The van der Waals surface area contributed by atoms with Crippen LogP contribution in [-0.4, -0.2) is 20.8 Å². The fourth-order valence-electron chi connectivity index (χ4n) is 1.63. The molecule has 1 aromatic heterocycles. The Labute approximate surface area is 91.8 Å². The Bertz CT molecular complexity index is 270. The Morgan fingerprint density at radius 3 is 2.80 bits per heavy atom. The lowest BCUT2D eigenvalue weighted by Gasteiger charge is -2.12. The SMILES string of the molecule is CCc1ccc(C(CCCOC)NC)o1. The van der Waals surface area contributed by atoms with E-state index in [1.807, 2.05) is 7.05 Å². The van der Waals surface area contributed by atoms with E-state index in [-0.39, 0.29) is 0 Å². The quantitative estimate of drug-likeness (QED) is 0.704. The topological polar surface area (TPSA) is 34.4 Å². The van der Waals surface area contributed by atoms with E-state index in [2.05, 4.69) is 24.4 Å². The van der Waals surface area contributed by atoms with Crippen LogP contribution in [0.25, 0.3) is 0 Å². The van der Waals surface area contributed by atoms with E-state index in [1.54, 1.807) is 7.11 Å². The van der Waals surface area contributed by atoms with Gasteiger partial charge in [-0.1, -0.05) is 6.92 Å². The predicted octanol–water partition coefficient (Wildman–Crippen LogP) is 2.53. The van der Waals surface area contributed by atoms with Gasteiger partial charge in [0.25, 0.3) is 0 Å². The molecule has 0 radical (unpaired) electrons. The molecule has 1 unspecified atom stereocenters. The molecule has 0 aromatic carbocycles. The average Bonchev–Trinajstić information content (AvgIpc) is 2.73. The molecule has 0 spiro atoms. The smallest absolute Gasteiger partial charge is 0.121 e. The molecule has 3 heteroatoms. The molecular weight excluding hydrogens is 190 g/mol. The first-order valence-corrected chi connectivity index (χ1v) is 5.56. The van der Waals surface area contributed by atoms with Crippen molar-refractivity contribution < 1.29 is 9.15 Å². The molecule has 1 aromatic rings. The van der Waals surface area contributed by atoms with Crippen molar-refractivity contribution in [1.82, 2.24) is 5.32 Å². The Hall–Kier alpha value is -0.800. The predicted molar refractivity (Wildman–Crippen MR) is 61.0 cm³/mol. The molecule has 1 rings (SSSR count). The van der Waals surface area contributed by atoms with E-state index in [0.717, 1.165) is 37.4 Å². The normalized spacial score (nSPS) is 13.0. The molecule has 1 N–H and O–H groups in total. The number of hydrogen-bond acceptors (Lipinski definition) is 3. The largest absolute Gasteiger partial charge is 0.464 e. The monoisotopic (exact) mass is 211 g/mol. The molecule has 1 heterocycles. The summed E-state index contributed by atoms with van der Waals surface area (Å²) < 4.78 is 10.8. The minimum Gasteiger partial charge on any atom is -0.464 e. The molecule has 0 saturated carbocycles. The standard InChI is InChI=1S/C12H21NO2/c1-4-10-7-8-12(15-10)11(13-2)6-5-9-14-3/h7-8,11,13H,4-6,9H2,1-3H3. The molecule has 1 atom stereocenters. The van der Waals surface area contributed by atoms with Crippen molar-refractivity contribution in [1.29, 1.82) is 0 Å².